The van der Waals surface area contributed by atoms with E-state index in [4.69, 9.17) is 29.0 Å². The highest BCUT2D eigenvalue weighted by atomic mass is 19.4. The number of pyridine rings is 1. The van der Waals surface area contributed by atoms with Crippen LogP contribution in [-0.4, -0.2) is 87.7 Å². The Bertz CT molecular complexity index is 1060. The van der Waals surface area contributed by atoms with Crippen LogP contribution in [0.15, 0.2) is 40.9 Å². The lowest BCUT2D eigenvalue weighted by molar-refractivity contribution is -0.193. The van der Waals surface area contributed by atoms with Gasteiger partial charge in [-0.2, -0.15) is 26.3 Å². The maximum Gasteiger partial charge on any atom is 0.490 e. The van der Waals surface area contributed by atoms with E-state index in [1.54, 1.807) is 0 Å². The van der Waals surface area contributed by atoms with Crippen molar-refractivity contribution in [1.82, 2.24) is 14.8 Å². The number of carboxylic acid groups (broad SMARTS) is 2. The molecule has 4 heterocycles. The normalized spacial score (nSPS) is 19.0. The van der Waals surface area contributed by atoms with Gasteiger partial charge >= 0.3 is 24.3 Å². The monoisotopic (exact) mass is 583 g/mol. The van der Waals surface area contributed by atoms with E-state index in [9.17, 15) is 26.3 Å². The topological polar surface area (TPSA) is 116 Å². The number of carbonyl (C=O) groups is 2. The summed E-state index contributed by atoms with van der Waals surface area (Å²) in [5.41, 5.74) is 1.19. The van der Waals surface area contributed by atoms with Gasteiger partial charge < -0.3 is 19.4 Å². The van der Waals surface area contributed by atoms with Crippen molar-refractivity contribution in [2.75, 3.05) is 26.7 Å². The van der Waals surface area contributed by atoms with Gasteiger partial charge in [0, 0.05) is 31.9 Å². The van der Waals surface area contributed by atoms with Crippen LogP contribution in [0.1, 0.15) is 36.5 Å². The average molecular weight is 584 g/mol. The molecular weight excluding hydrogens is 552 g/mol. The van der Waals surface area contributed by atoms with E-state index in [1.165, 1.54) is 0 Å². The molecule has 1 atom stereocenters. The van der Waals surface area contributed by atoms with E-state index in [2.05, 4.69) is 40.0 Å². The number of halogens is 6. The Morgan fingerprint density at radius 1 is 1.05 bits per heavy atom. The number of aromatic nitrogens is 1. The van der Waals surface area contributed by atoms with Crippen LogP contribution in [0.25, 0.3) is 0 Å². The summed E-state index contributed by atoms with van der Waals surface area (Å²) in [6.45, 7) is 6.79. The SMILES string of the molecule is Cc1ccc(CN2CCC3(CC2)CC(N(C)Cc2ccccn2)CO3)o1.O=C(O)C(F)(F)F.O=C(O)C(F)(F)F. The molecule has 0 radical (unpaired) electrons. The van der Waals surface area contributed by atoms with Crippen LogP contribution in [0, 0.1) is 6.92 Å². The number of likely N-dealkylation sites (N-methyl/N-ethyl adjacent to an activating group) is 1. The van der Waals surface area contributed by atoms with Crippen molar-refractivity contribution < 1.29 is 55.3 Å². The Morgan fingerprint density at radius 3 is 2.08 bits per heavy atom. The minimum Gasteiger partial charge on any atom is -0.475 e. The van der Waals surface area contributed by atoms with Crippen molar-refractivity contribution >= 4 is 11.9 Å². The van der Waals surface area contributed by atoms with Gasteiger partial charge in [0.05, 0.1) is 24.4 Å². The first kappa shape index (κ1) is 33.0. The zero-order valence-corrected chi connectivity index (χ0v) is 21.8. The van der Waals surface area contributed by atoms with E-state index in [0.717, 1.165) is 69.3 Å². The molecule has 0 aromatic carbocycles. The number of alkyl halides is 6. The first-order valence-electron chi connectivity index (χ1n) is 12.1. The second-order valence-electron chi connectivity index (χ2n) is 9.48. The fourth-order valence-electron chi connectivity index (χ4n) is 4.24. The molecule has 0 aliphatic carbocycles. The second kappa shape index (κ2) is 13.9. The second-order valence-corrected chi connectivity index (χ2v) is 9.48. The molecule has 224 valence electrons. The molecule has 4 rings (SSSR count). The number of ether oxygens (including phenoxy) is 1. The predicted molar refractivity (Wildman–Crippen MR) is 128 cm³/mol. The minimum atomic E-state index is -5.08. The standard InChI is InChI=1S/C21H29N3O2.2C2HF3O2/c1-17-6-7-20(26-17)15-24-11-8-21(9-12-24)13-19(16-25-21)23(2)14-18-5-3-4-10-22-18;2*3-2(4,5)1(6)7/h3-7,10,19H,8-9,11-16H2,1-2H3;2*(H,6,7). The van der Waals surface area contributed by atoms with Crippen LogP contribution in [0.4, 0.5) is 26.3 Å². The van der Waals surface area contributed by atoms with Crippen molar-refractivity contribution in [3.05, 3.63) is 53.7 Å². The Labute approximate surface area is 226 Å². The summed E-state index contributed by atoms with van der Waals surface area (Å²) < 4.78 is 75.5. The van der Waals surface area contributed by atoms with Crippen molar-refractivity contribution in [2.24, 2.45) is 0 Å². The molecule has 2 fully saturated rings. The van der Waals surface area contributed by atoms with Gasteiger partial charge in [-0.3, -0.25) is 14.8 Å². The quantitative estimate of drug-likeness (QED) is 0.491. The number of furan rings is 1. The van der Waals surface area contributed by atoms with E-state index in [1.807, 2.05) is 25.3 Å². The van der Waals surface area contributed by atoms with Crippen molar-refractivity contribution in [1.29, 1.82) is 0 Å². The number of piperidine rings is 1. The van der Waals surface area contributed by atoms with E-state index in [0.29, 0.717) is 6.04 Å². The molecule has 15 heteroatoms. The van der Waals surface area contributed by atoms with Gasteiger partial charge in [0.15, 0.2) is 0 Å². The number of rotatable bonds is 5. The summed E-state index contributed by atoms with van der Waals surface area (Å²) in [6.07, 6.45) is -4.95. The maximum atomic E-state index is 10.6. The molecule has 0 amide bonds. The molecule has 0 bridgehead atoms. The molecule has 2 saturated heterocycles. The first-order chi connectivity index (χ1) is 18.5. The molecule has 1 unspecified atom stereocenters. The minimum absolute atomic E-state index is 0.0681. The van der Waals surface area contributed by atoms with Crippen molar-refractivity contribution in [2.45, 2.75) is 63.3 Å². The van der Waals surface area contributed by atoms with E-state index >= 15 is 0 Å². The lowest BCUT2D eigenvalue weighted by atomic mass is 9.87. The fourth-order valence-corrected chi connectivity index (χ4v) is 4.24. The number of aliphatic carboxylic acids is 2. The summed E-state index contributed by atoms with van der Waals surface area (Å²) in [5, 5.41) is 14.2. The van der Waals surface area contributed by atoms with Crippen molar-refractivity contribution in [3.63, 3.8) is 0 Å². The molecule has 40 heavy (non-hydrogen) atoms. The van der Waals surface area contributed by atoms with Gasteiger partial charge in [-0.05, 0) is 57.5 Å². The molecular formula is C25H31F6N3O6. The highest BCUT2D eigenvalue weighted by Crippen LogP contribution is 2.38. The predicted octanol–water partition coefficient (Wildman–Crippen LogP) is 4.51. The van der Waals surface area contributed by atoms with E-state index in [-0.39, 0.29) is 5.60 Å². The third-order valence-electron chi connectivity index (χ3n) is 6.38. The number of nitrogens with zero attached hydrogens (tertiary/aromatic N) is 3. The van der Waals surface area contributed by atoms with Crippen LogP contribution in [-0.2, 0) is 27.4 Å². The Balaban J connectivity index is 0.000000333. The number of hydrogen-bond donors (Lipinski definition) is 2. The van der Waals surface area contributed by atoms with Crippen LogP contribution >= 0.6 is 0 Å². The van der Waals surface area contributed by atoms with Gasteiger partial charge in [0.2, 0.25) is 0 Å². The average Bonchev–Trinajstić information content (AvgIpc) is 3.47. The zero-order valence-electron chi connectivity index (χ0n) is 21.8. The number of hydrogen-bond acceptors (Lipinski definition) is 7. The zero-order chi connectivity index (χ0) is 30.1. The van der Waals surface area contributed by atoms with Crippen LogP contribution in [0.3, 0.4) is 0 Å². The Hall–Kier alpha value is -3.17. The fraction of sp³-hybridized carbons (Fsp3) is 0.560. The summed E-state index contributed by atoms with van der Waals surface area (Å²) in [7, 11) is 2.19. The Morgan fingerprint density at radius 2 is 1.62 bits per heavy atom. The van der Waals surface area contributed by atoms with Crippen LogP contribution in [0.5, 0.6) is 0 Å². The van der Waals surface area contributed by atoms with Gasteiger partial charge in [0.25, 0.3) is 0 Å². The molecule has 2 aliphatic heterocycles. The number of likely N-dealkylation sites (tertiary alicyclic amines) is 1. The highest BCUT2D eigenvalue weighted by molar-refractivity contribution is 5.73. The largest absolute Gasteiger partial charge is 0.490 e. The molecule has 2 N–H and O–H groups in total. The molecule has 2 aromatic heterocycles. The summed E-state index contributed by atoms with van der Waals surface area (Å²) in [4.78, 5) is 27.1. The van der Waals surface area contributed by atoms with Gasteiger partial charge in [0.1, 0.15) is 11.5 Å². The third kappa shape index (κ3) is 10.8. The summed E-state index contributed by atoms with van der Waals surface area (Å²) in [6, 6.07) is 10.7. The Kier molecular flexibility index (Phi) is 11.5. The molecule has 0 saturated carbocycles. The third-order valence-corrected chi connectivity index (χ3v) is 6.38. The number of aryl methyl sites for hydroxylation is 1. The first-order valence-corrected chi connectivity index (χ1v) is 12.1. The van der Waals surface area contributed by atoms with Crippen LogP contribution < -0.4 is 0 Å². The molecule has 2 aromatic rings. The lowest BCUT2D eigenvalue weighted by Crippen LogP contribution is -2.44. The molecule has 2 aliphatic rings. The van der Waals surface area contributed by atoms with Gasteiger partial charge in [-0.25, -0.2) is 9.59 Å². The highest BCUT2D eigenvalue weighted by Gasteiger charge is 2.44. The summed E-state index contributed by atoms with van der Waals surface area (Å²) >= 11 is 0. The summed E-state index contributed by atoms with van der Waals surface area (Å²) in [5.74, 6) is -3.45. The molecule has 1 spiro atoms. The van der Waals surface area contributed by atoms with Gasteiger partial charge in [-0.15, -0.1) is 0 Å². The smallest absolute Gasteiger partial charge is 0.475 e. The lowest BCUT2D eigenvalue weighted by Gasteiger charge is -2.38. The van der Waals surface area contributed by atoms with Crippen molar-refractivity contribution in [3.8, 4) is 0 Å². The van der Waals surface area contributed by atoms with Crippen LogP contribution in [0.2, 0.25) is 0 Å². The number of carboxylic acids is 2. The maximum absolute atomic E-state index is 10.6. The molecule has 9 nitrogen and oxygen atoms in total. The van der Waals surface area contributed by atoms with E-state index < -0.39 is 24.3 Å². The van der Waals surface area contributed by atoms with Gasteiger partial charge in [-0.1, -0.05) is 6.07 Å².